The lowest BCUT2D eigenvalue weighted by molar-refractivity contribution is 1.03. The number of nitrogens with one attached hydrogen (secondary N) is 1. The highest BCUT2D eigenvalue weighted by Crippen LogP contribution is 2.10. The Balaban J connectivity index is 1.85. The average molecular weight is 263 g/mol. The van der Waals surface area contributed by atoms with Gasteiger partial charge in [0.15, 0.2) is 0 Å². The molecule has 2 aromatic rings. The largest absolute Gasteiger partial charge is 0.389 e. The maximum atomic E-state index is 5.50. The summed E-state index contributed by atoms with van der Waals surface area (Å²) in [5, 5.41) is 5.35. The molecule has 0 saturated heterocycles. The minimum Gasteiger partial charge on any atom is -0.389 e. The lowest BCUT2D eigenvalue weighted by atomic mass is 10.3. The van der Waals surface area contributed by atoms with Gasteiger partial charge in [-0.05, 0) is 30.0 Å². The van der Waals surface area contributed by atoms with Gasteiger partial charge in [-0.1, -0.05) is 18.3 Å². The summed E-state index contributed by atoms with van der Waals surface area (Å²) in [4.78, 5) is 5.99. The van der Waals surface area contributed by atoms with E-state index in [0.29, 0.717) is 4.99 Å². The van der Waals surface area contributed by atoms with Crippen molar-refractivity contribution < 1.29 is 0 Å². The highest BCUT2D eigenvalue weighted by atomic mass is 32.1. The summed E-state index contributed by atoms with van der Waals surface area (Å²) < 4.78 is 0. The zero-order valence-electron chi connectivity index (χ0n) is 9.22. The molecule has 0 saturated carbocycles. The van der Waals surface area contributed by atoms with Gasteiger partial charge in [0.25, 0.3) is 0 Å². The number of rotatable bonds is 5. The van der Waals surface area contributed by atoms with E-state index < -0.39 is 0 Å². The number of hydrogen-bond acceptors (Lipinski definition) is 4. The molecule has 3 N–H and O–H groups in total. The van der Waals surface area contributed by atoms with Crippen LogP contribution in [0.5, 0.6) is 0 Å². The Morgan fingerprint density at radius 2 is 2.29 bits per heavy atom. The molecule has 88 valence electrons. The van der Waals surface area contributed by atoms with Crippen molar-refractivity contribution >= 4 is 34.4 Å². The molecule has 2 aromatic heterocycles. The molecule has 0 fully saturated rings. The molecule has 3 nitrogen and oxygen atoms in total. The molecule has 0 aliphatic carbocycles. The molecule has 17 heavy (non-hydrogen) atoms. The van der Waals surface area contributed by atoms with Crippen molar-refractivity contribution in [1.82, 2.24) is 4.98 Å². The smallest absolute Gasteiger partial charge is 0.125 e. The fraction of sp³-hybridized carbons (Fsp3) is 0.167. The van der Waals surface area contributed by atoms with Crippen LogP contribution in [0.15, 0.2) is 35.8 Å². The van der Waals surface area contributed by atoms with E-state index in [0.717, 1.165) is 24.3 Å². The van der Waals surface area contributed by atoms with Crippen LogP contribution in [0, 0.1) is 0 Å². The Kier molecular flexibility index (Phi) is 4.06. The first-order valence-electron chi connectivity index (χ1n) is 5.28. The van der Waals surface area contributed by atoms with Gasteiger partial charge in [-0.2, -0.15) is 0 Å². The monoisotopic (exact) mass is 263 g/mol. The van der Waals surface area contributed by atoms with Crippen molar-refractivity contribution in [1.29, 1.82) is 0 Å². The van der Waals surface area contributed by atoms with Gasteiger partial charge in [0.2, 0.25) is 0 Å². The zero-order valence-corrected chi connectivity index (χ0v) is 10.9. The number of nitrogens with two attached hydrogens (primary N) is 1. The van der Waals surface area contributed by atoms with Gasteiger partial charge in [-0.15, -0.1) is 11.3 Å². The van der Waals surface area contributed by atoms with Crippen molar-refractivity contribution in [3.63, 3.8) is 0 Å². The van der Waals surface area contributed by atoms with Crippen molar-refractivity contribution in [2.45, 2.75) is 6.42 Å². The molecule has 5 heteroatoms. The Morgan fingerprint density at radius 3 is 2.88 bits per heavy atom. The van der Waals surface area contributed by atoms with Crippen LogP contribution in [0.25, 0.3) is 0 Å². The molecule has 0 amide bonds. The Hall–Kier alpha value is -1.46. The molecular formula is C12H13N3S2. The quantitative estimate of drug-likeness (QED) is 0.814. The fourth-order valence-corrected chi connectivity index (χ4v) is 2.24. The second-order valence-electron chi connectivity index (χ2n) is 3.55. The van der Waals surface area contributed by atoms with Crippen LogP contribution in [-0.4, -0.2) is 16.5 Å². The highest BCUT2D eigenvalue weighted by Gasteiger charge is 1.98. The molecule has 0 aliphatic heterocycles. The molecule has 0 radical (unpaired) electrons. The van der Waals surface area contributed by atoms with Crippen molar-refractivity contribution in [3.8, 4) is 0 Å². The molecule has 0 unspecified atom stereocenters. The molecule has 0 aliphatic rings. The van der Waals surface area contributed by atoms with E-state index >= 15 is 0 Å². The van der Waals surface area contributed by atoms with Crippen LogP contribution in [0.2, 0.25) is 0 Å². The topological polar surface area (TPSA) is 50.9 Å². The van der Waals surface area contributed by atoms with Crippen LogP contribution in [0.1, 0.15) is 10.4 Å². The van der Waals surface area contributed by atoms with Gasteiger partial charge in [0.05, 0.1) is 0 Å². The third-order valence-electron chi connectivity index (χ3n) is 2.31. The van der Waals surface area contributed by atoms with Crippen LogP contribution in [0.4, 0.5) is 5.82 Å². The number of pyridine rings is 1. The lowest BCUT2D eigenvalue weighted by Gasteiger charge is -2.05. The van der Waals surface area contributed by atoms with E-state index in [4.69, 9.17) is 18.0 Å². The van der Waals surface area contributed by atoms with Crippen molar-refractivity contribution in [2.75, 3.05) is 11.9 Å². The number of thiocarbonyl (C=S) groups is 1. The van der Waals surface area contributed by atoms with Crippen LogP contribution in [0.3, 0.4) is 0 Å². The second-order valence-corrected chi connectivity index (χ2v) is 5.02. The molecular weight excluding hydrogens is 250 g/mol. The predicted molar refractivity (Wildman–Crippen MR) is 76.6 cm³/mol. The van der Waals surface area contributed by atoms with E-state index in [2.05, 4.69) is 27.8 Å². The van der Waals surface area contributed by atoms with Crippen LogP contribution < -0.4 is 11.1 Å². The molecule has 0 spiro atoms. The van der Waals surface area contributed by atoms with Gasteiger partial charge in [0, 0.05) is 23.2 Å². The van der Waals surface area contributed by atoms with E-state index in [-0.39, 0.29) is 0 Å². The summed E-state index contributed by atoms with van der Waals surface area (Å²) in [6.07, 6.45) is 2.70. The molecule has 0 atom stereocenters. The number of thiophene rings is 1. The normalized spacial score (nSPS) is 10.1. The maximum Gasteiger partial charge on any atom is 0.125 e. The predicted octanol–water partition coefficient (Wildman–Crippen LogP) is 2.43. The van der Waals surface area contributed by atoms with Crippen LogP contribution in [-0.2, 0) is 6.42 Å². The Morgan fingerprint density at radius 1 is 1.41 bits per heavy atom. The van der Waals surface area contributed by atoms with Crippen LogP contribution >= 0.6 is 23.6 Å². The summed E-state index contributed by atoms with van der Waals surface area (Å²) in [6, 6.07) is 7.97. The zero-order chi connectivity index (χ0) is 12.1. The summed E-state index contributed by atoms with van der Waals surface area (Å²) in [5.41, 5.74) is 6.30. The molecule has 0 aromatic carbocycles. The first kappa shape index (κ1) is 12.0. The fourth-order valence-electron chi connectivity index (χ4n) is 1.41. The van der Waals surface area contributed by atoms with Crippen molar-refractivity contribution in [3.05, 3.63) is 46.3 Å². The lowest BCUT2D eigenvalue weighted by Crippen LogP contribution is -2.10. The first-order chi connectivity index (χ1) is 8.25. The molecule has 2 rings (SSSR count). The van der Waals surface area contributed by atoms with E-state index in [1.165, 1.54) is 4.88 Å². The SMILES string of the molecule is NC(=S)c1ccc(NCCc2cccs2)nc1. The third-order valence-corrected chi connectivity index (χ3v) is 3.48. The summed E-state index contributed by atoms with van der Waals surface area (Å²) in [6.45, 7) is 0.875. The second kappa shape index (κ2) is 5.75. The van der Waals surface area contributed by atoms with Gasteiger partial charge in [-0.25, -0.2) is 4.98 Å². The van der Waals surface area contributed by atoms with Gasteiger partial charge in [0.1, 0.15) is 10.8 Å². The van der Waals surface area contributed by atoms with Crippen molar-refractivity contribution in [2.24, 2.45) is 5.73 Å². The number of anilines is 1. The number of nitrogens with zero attached hydrogens (tertiary/aromatic N) is 1. The third kappa shape index (κ3) is 3.51. The highest BCUT2D eigenvalue weighted by molar-refractivity contribution is 7.80. The number of hydrogen-bond donors (Lipinski definition) is 2. The summed E-state index contributed by atoms with van der Waals surface area (Å²) in [5.74, 6) is 0.849. The maximum absolute atomic E-state index is 5.50. The summed E-state index contributed by atoms with van der Waals surface area (Å²) >= 11 is 6.64. The minimum atomic E-state index is 0.377. The minimum absolute atomic E-state index is 0.377. The van der Waals surface area contributed by atoms with E-state index in [9.17, 15) is 0 Å². The molecule has 0 bridgehead atoms. The van der Waals surface area contributed by atoms with E-state index in [1.807, 2.05) is 12.1 Å². The summed E-state index contributed by atoms with van der Waals surface area (Å²) in [7, 11) is 0. The van der Waals surface area contributed by atoms with E-state index in [1.54, 1.807) is 17.5 Å². The first-order valence-corrected chi connectivity index (χ1v) is 6.56. The Labute approximate surface area is 110 Å². The van der Waals surface area contributed by atoms with Gasteiger partial charge >= 0.3 is 0 Å². The number of aromatic nitrogens is 1. The van der Waals surface area contributed by atoms with Gasteiger partial charge < -0.3 is 11.1 Å². The van der Waals surface area contributed by atoms with Gasteiger partial charge in [-0.3, -0.25) is 0 Å². The Bertz CT molecular complexity index is 477. The standard InChI is InChI=1S/C12H13N3S2/c13-12(16)9-3-4-11(15-8-9)14-6-5-10-2-1-7-17-10/h1-4,7-8H,5-6H2,(H2,13,16)(H,14,15). The molecule has 2 heterocycles. The average Bonchev–Trinajstić information content (AvgIpc) is 2.83.